The van der Waals surface area contributed by atoms with E-state index in [9.17, 15) is 19.4 Å². The molecule has 0 saturated carbocycles. The van der Waals surface area contributed by atoms with Gasteiger partial charge in [0.2, 0.25) is 5.91 Å². The molecule has 0 heterocycles. The zero-order chi connectivity index (χ0) is 44.3. The van der Waals surface area contributed by atoms with Crippen LogP contribution >= 0.6 is 7.82 Å². The minimum Gasteiger partial charge on any atom is -0.756 e. The summed E-state index contributed by atoms with van der Waals surface area (Å²) in [6.07, 6.45) is 53.7. The third-order valence-corrected chi connectivity index (χ3v) is 12.3. The van der Waals surface area contributed by atoms with Gasteiger partial charge in [-0.2, -0.15) is 0 Å². The maximum absolute atomic E-state index is 12.9. The second-order valence-corrected chi connectivity index (χ2v) is 19.9. The average Bonchev–Trinajstić information content (AvgIpc) is 3.20. The Morgan fingerprint density at radius 2 is 0.933 bits per heavy atom. The highest BCUT2D eigenvalue weighted by Crippen LogP contribution is 2.38. The van der Waals surface area contributed by atoms with E-state index >= 15 is 0 Å². The first-order chi connectivity index (χ1) is 29.0. The number of hydrogen-bond donors (Lipinski definition) is 2. The molecule has 0 aromatic rings. The molecule has 2 N–H and O–H groups in total. The van der Waals surface area contributed by atoms with Crippen molar-refractivity contribution in [3.05, 3.63) is 36.5 Å². The van der Waals surface area contributed by atoms with Crippen LogP contribution in [0, 0.1) is 0 Å². The van der Waals surface area contributed by atoms with Crippen molar-refractivity contribution in [3.8, 4) is 0 Å². The standard InChI is InChI=1S/C51H99N2O6P/c1-6-8-10-12-14-16-18-20-21-22-23-24-25-26-27-28-29-30-31-32-33-35-37-39-41-43-45-51(55)52-49(48-59-60(56,57)58-47-46-53(3,4)5)50(54)44-42-40-38-36-34-19-17-15-13-11-9-7-2/h13,15,34,36,42,44,49-50,54H,6-12,14,16-33,35,37-41,43,45-48H2,1-5H3,(H-,52,55,56,57)/b15-13+,36-34+,44-42+. The van der Waals surface area contributed by atoms with Crippen LogP contribution in [0.2, 0.25) is 0 Å². The van der Waals surface area contributed by atoms with Crippen molar-refractivity contribution < 1.29 is 32.9 Å². The van der Waals surface area contributed by atoms with Gasteiger partial charge in [-0.05, 0) is 38.5 Å². The number of carbonyl (C=O) groups excluding carboxylic acids is 1. The molecule has 0 aliphatic carbocycles. The fraction of sp³-hybridized carbons (Fsp3) is 0.863. The summed E-state index contributed by atoms with van der Waals surface area (Å²) in [6.45, 7) is 4.58. The van der Waals surface area contributed by atoms with Gasteiger partial charge in [0.05, 0.1) is 39.9 Å². The molecule has 60 heavy (non-hydrogen) atoms. The number of hydrogen-bond acceptors (Lipinski definition) is 6. The Kier molecular flexibility index (Phi) is 42.1. The zero-order valence-corrected chi connectivity index (χ0v) is 41.1. The lowest BCUT2D eigenvalue weighted by molar-refractivity contribution is -0.870. The minimum absolute atomic E-state index is 0.00790. The zero-order valence-electron chi connectivity index (χ0n) is 40.2. The predicted octanol–water partition coefficient (Wildman–Crippen LogP) is 14.0. The van der Waals surface area contributed by atoms with E-state index in [4.69, 9.17) is 9.05 Å². The van der Waals surface area contributed by atoms with Gasteiger partial charge < -0.3 is 28.8 Å². The molecule has 0 radical (unpaired) electrons. The third kappa shape index (κ3) is 44.8. The molecular weight excluding hydrogens is 768 g/mol. The van der Waals surface area contributed by atoms with Crippen LogP contribution in [0.15, 0.2) is 36.5 Å². The van der Waals surface area contributed by atoms with Crippen molar-refractivity contribution in [1.82, 2.24) is 5.32 Å². The van der Waals surface area contributed by atoms with E-state index in [1.165, 1.54) is 161 Å². The van der Waals surface area contributed by atoms with E-state index in [-0.39, 0.29) is 12.5 Å². The Morgan fingerprint density at radius 1 is 0.567 bits per heavy atom. The lowest BCUT2D eigenvalue weighted by Crippen LogP contribution is -2.45. The van der Waals surface area contributed by atoms with Crippen molar-refractivity contribution in [2.24, 2.45) is 0 Å². The maximum Gasteiger partial charge on any atom is 0.268 e. The van der Waals surface area contributed by atoms with Gasteiger partial charge in [0.15, 0.2) is 0 Å². The molecule has 0 bridgehead atoms. The van der Waals surface area contributed by atoms with Gasteiger partial charge in [0, 0.05) is 6.42 Å². The second kappa shape index (κ2) is 43.0. The van der Waals surface area contributed by atoms with Gasteiger partial charge in [-0.3, -0.25) is 9.36 Å². The van der Waals surface area contributed by atoms with E-state index in [1.54, 1.807) is 6.08 Å². The first kappa shape index (κ1) is 58.7. The minimum atomic E-state index is -4.60. The van der Waals surface area contributed by atoms with Crippen LogP contribution in [0.5, 0.6) is 0 Å². The molecule has 0 aliphatic rings. The van der Waals surface area contributed by atoms with E-state index in [0.717, 1.165) is 51.4 Å². The number of nitrogens with one attached hydrogen (secondary N) is 1. The van der Waals surface area contributed by atoms with E-state index in [2.05, 4.69) is 43.5 Å². The molecule has 8 nitrogen and oxygen atoms in total. The average molecular weight is 867 g/mol. The highest BCUT2D eigenvalue weighted by atomic mass is 31.2. The molecule has 9 heteroatoms. The van der Waals surface area contributed by atoms with E-state index in [0.29, 0.717) is 17.4 Å². The molecule has 0 aromatic heterocycles. The first-order valence-corrected chi connectivity index (χ1v) is 26.8. The molecule has 3 unspecified atom stereocenters. The molecular formula is C51H99N2O6P. The number of phosphoric ester groups is 1. The topological polar surface area (TPSA) is 108 Å². The second-order valence-electron chi connectivity index (χ2n) is 18.5. The number of quaternary nitrogens is 1. The van der Waals surface area contributed by atoms with Crippen LogP contribution in [0.25, 0.3) is 0 Å². The van der Waals surface area contributed by atoms with Crippen LogP contribution in [0.4, 0.5) is 0 Å². The number of aliphatic hydroxyl groups is 1. The third-order valence-electron chi connectivity index (χ3n) is 11.3. The number of amides is 1. The molecule has 354 valence electrons. The first-order valence-electron chi connectivity index (χ1n) is 25.4. The van der Waals surface area contributed by atoms with Crippen LogP contribution in [-0.2, 0) is 18.4 Å². The van der Waals surface area contributed by atoms with Gasteiger partial charge in [-0.1, -0.05) is 224 Å². The van der Waals surface area contributed by atoms with Gasteiger partial charge in [-0.25, -0.2) is 0 Å². The summed E-state index contributed by atoms with van der Waals surface area (Å²) in [4.78, 5) is 25.3. The van der Waals surface area contributed by atoms with E-state index in [1.807, 2.05) is 27.2 Å². The Hall–Kier alpha value is -1.28. The lowest BCUT2D eigenvalue weighted by Gasteiger charge is -2.29. The van der Waals surface area contributed by atoms with Gasteiger partial charge in [0.25, 0.3) is 7.82 Å². The van der Waals surface area contributed by atoms with Crippen molar-refractivity contribution in [1.29, 1.82) is 0 Å². The molecule has 0 rings (SSSR count). The summed E-state index contributed by atoms with van der Waals surface area (Å²) in [5.41, 5.74) is 0. The predicted molar refractivity (Wildman–Crippen MR) is 256 cm³/mol. The smallest absolute Gasteiger partial charge is 0.268 e. The maximum atomic E-state index is 12.9. The summed E-state index contributed by atoms with van der Waals surface area (Å²) in [6, 6.07) is -0.905. The number of aliphatic hydroxyl groups excluding tert-OH is 1. The van der Waals surface area contributed by atoms with Crippen molar-refractivity contribution in [3.63, 3.8) is 0 Å². The van der Waals surface area contributed by atoms with E-state index < -0.39 is 26.6 Å². The highest BCUT2D eigenvalue weighted by molar-refractivity contribution is 7.45. The summed E-state index contributed by atoms with van der Waals surface area (Å²) >= 11 is 0. The van der Waals surface area contributed by atoms with Gasteiger partial charge >= 0.3 is 0 Å². The number of unbranched alkanes of at least 4 members (excludes halogenated alkanes) is 29. The number of likely N-dealkylation sites (N-methyl/N-ethyl adjacent to an activating group) is 1. The number of phosphoric acid groups is 1. The normalized spacial score (nSPS) is 14.4. The number of allylic oxidation sites excluding steroid dienone is 5. The molecule has 0 saturated heterocycles. The molecule has 3 atom stereocenters. The Balaban J connectivity index is 4.15. The van der Waals surface area contributed by atoms with Crippen LogP contribution in [0.1, 0.15) is 232 Å². The fourth-order valence-corrected chi connectivity index (χ4v) is 8.01. The lowest BCUT2D eigenvalue weighted by atomic mass is 10.0. The Bertz CT molecular complexity index is 1070. The van der Waals surface area contributed by atoms with Crippen molar-refractivity contribution in [2.75, 3.05) is 40.9 Å². The van der Waals surface area contributed by atoms with Crippen molar-refractivity contribution >= 4 is 13.7 Å². The number of nitrogens with zero attached hydrogens (tertiary/aromatic N) is 1. The number of carbonyl (C=O) groups is 1. The SMILES string of the molecule is CCCC/C=C/CC/C=C/CC/C=C/C(O)C(COP(=O)([O-])OCC[N+](C)(C)C)NC(=O)CCCCCCCCCCCCCCCCCCCCCCCCCCCC. The van der Waals surface area contributed by atoms with Crippen LogP contribution in [-0.4, -0.2) is 68.5 Å². The summed E-state index contributed by atoms with van der Waals surface area (Å²) in [7, 11) is 1.24. The van der Waals surface area contributed by atoms with Crippen LogP contribution in [0.3, 0.4) is 0 Å². The molecule has 0 fully saturated rings. The monoisotopic (exact) mass is 867 g/mol. The Morgan fingerprint density at radius 3 is 1.33 bits per heavy atom. The molecule has 0 aromatic carbocycles. The fourth-order valence-electron chi connectivity index (χ4n) is 7.29. The highest BCUT2D eigenvalue weighted by Gasteiger charge is 2.23. The summed E-state index contributed by atoms with van der Waals surface area (Å²) in [5.74, 6) is -0.209. The quantitative estimate of drug-likeness (QED) is 0.0273. The summed E-state index contributed by atoms with van der Waals surface area (Å²) in [5, 5.41) is 13.8. The van der Waals surface area contributed by atoms with Crippen LogP contribution < -0.4 is 10.2 Å². The van der Waals surface area contributed by atoms with Crippen molar-refractivity contribution in [2.45, 2.75) is 244 Å². The molecule has 0 spiro atoms. The summed E-state index contributed by atoms with van der Waals surface area (Å²) < 4.78 is 23.2. The molecule has 0 aliphatic heterocycles. The van der Waals surface area contributed by atoms with Gasteiger partial charge in [-0.15, -0.1) is 0 Å². The molecule has 1 amide bonds. The van der Waals surface area contributed by atoms with Gasteiger partial charge in [0.1, 0.15) is 13.2 Å². The largest absolute Gasteiger partial charge is 0.756 e. The number of rotatable bonds is 46. The Labute approximate surface area is 372 Å².